The lowest BCUT2D eigenvalue weighted by atomic mass is 10.4. The van der Waals surface area contributed by atoms with Gasteiger partial charge in [-0.2, -0.15) is 0 Å². The van der Waals surface area contributed by atoms with Crippen molar-refractivity contribution < 1.29 is 0 Å². The molecule has 8 N–H and O–H groups in total. The minimum Gasteiger partial charge on any atom is -0.394 e. The topological polar surface area (TPSA) is 156 Å². The number of hydrogen-bond acceptors (Lipinski definition) is 10. The standard InChI is InChI=1S/C12H18N8S2/c13-7-5-17-11(19-9(7)15)21-3-1-2-4-22-12-18-6-8(14)10(16)20-12/h5-6H,1-4,13-14H2,(H2,15,17,19)(H2,16,18,20). The van der Waals surface area contributed by atoms with Crippen LogP contribution in [-0.2, 0) is 0 Å². The van der Waals surface area contributed by atoms with Gasteiger partial charge in [0.15, 0.2) is 21.9 Å². The lowest BCUT2D eigenvalue weighted by Crippen LogP contribution is -2.01. The summed E-state index contributed by atoms with van der Waals surface area (Å²) in [5.74, 6) is 2.47. The number of thioether (sulfide) groups is 2. The predicted molar refractivity (Wildman–Crippen MR) is 92.4 cm³/mol. The average molecular weight is 338 g/mol. The molecule has 0 amide bonds. The fourth-order valence-corrected chi connectivity index (χ4v) is 3.09. The van der Waals surface area contributed by atoms with Gasteiger partial charge < -0.3 is 22.9 Å². The molecular weight excluding hydrogens is 320 g/mol. The van der Waals surface area contributed by atoms with E-state index in [4.69, 9.17) is 22.9 Å². The van der Waals surface area contributed by atoms with Gasteiger partial charge >= 0.3 is 0 Å². The number of anilines is 4. The Balaban J connectivity index is 1.65. The van der Waals surface area contributed by atoms with Crippen molar-refractivity contribution in [1.82, 2.24) is 19.9 Å². The van der Waals surface area contributed by atoms with Gasteiger partial charge in [0.2, 0.25) is 0 Å². The van der Waals surface area contributed by atoms with Crippen LogP contribution in [-0.4, -0.2) is 31.4 Å². The highest BCUT2D eigenvalue weighted by molar-refractivity contribution is 7.99. The predicted octanol–water partition coefficient (Wildman–Crippen LogP) is 1.26. The van der Waals surface area contributed by atoms with Crippen molar-refractivity contribution in [2.45, 2.75) is 23.2 Å². The minimum atomic E-state index is 0.325. The highest BCUT2D eigenvalue weighted by atomic mass is 32.2. The lowest BCUT2D eigenvalue weighted by molar-refractivity contribution is 0.892. The first kappa shape index (κ1) is 16.4. The van der Waals surface area contributed by atoms with Crippen molar-refractivity contribution in [3.8, 4) is 0 Å². The molecule has 0 atom stereocenters. The van der Waals surface area contributed by atoms with Gasteiger partial charge in [0.25, 0.3) is 0 Å². The first-order valence-corrected chi connectivity index (χ1v) is 8.55. The minimum absolute atomic E-state index is 0.325. The van der Waals surface area contributed by atoms with Crippen LogP contribution < -0.4 is 22.9 Å². The molecule has 0 aliphatic rings. The van der Waals surface area contributed by atoms with Crippen LogP contribution in [0.3, 0.4) is 0 Å². The average Bonchev–Trinajstić information content (AvgIpc) is 2.50. The van der Waals surface area contributed by atoms with Crippen LogP contribution >= 0.6 is 23.5 Å². The molecule has 0 saturated carbocycles. The van der Waals surface area contributed by atoms with Crippen molar-refractivity contribution in [3.63, 3.8) is 0 Å². The molecule has 0 aromatic carbocycles. The maximum atomic E-state index is 5.63. The van der Waals surface area contributed by atoms with E-state index in [1.165, 1.54) is 12.4 Å². The van der Waals surface area contributed by atoms with Gasteiger partial charge in [-0.1, -0.05) is 23.5 Å². The van der Waals surface area contributed by atoms with Crippen LogP contribution in [0.4, 0.5) is 23.0 Å². The van der Waals surface area contributed by atoms with E-state index in [9.17, 15) is 0 Å². The van der Waals surface area contributed by atoms with Gasteiger partial charge in [0, 0.05) is 11.5 Å². The van der Waals surface area contributed by atoms with Gasteiger partial charge in [-0.15, -0.1) is 0 Å². The molecule has 0 aliphatic heterocycles. The molecular formula is C12H18N8S2. The van der Waals surface area contributed by atoms with Crippen LogP contribution in [0, 0.1) is 0 Å². The summed E-state index contributed by atoms with van der Waals surface area (Å²) in [7, 11) is 0. The number of nitrogen functional groups attached to an aromatic ring is 4. The first-order chi connectivity index (χ1) is 10.6. The summed E-state index contributed by atoms with van der Waals surface area (Å²) in [6.07, 6.45) is 5.11. The summed E-state index contributed by atoms with van der Waals surface area (Å²) in [5, 5.41) is 1.29. The van der Waals surface area contributed by atoms with Crippen LogP contribution in [0.2, 0.25) is 0 Å². The third kappa shape index (κ3) is 4.81. The summed E-state index contributed by atoms with van der Waals surface area (Å²) >= 11 is 3.12. The normalized spacial score (nSPS) is 10.7. The number of aromatic nitrogens is 4. The zero-order chi connectivity index (χ0) is 15.9. The summed E-state index contributed by atoms with van der Waals surface area (Å²) in [6.45, 7) is 0. The second kappa shape index (κ2) is 7.90. The van der Waals surface area contributed by atoms with Crippen molar-refractivity contribution in [1.29, 1.82) is 0 Å². The van der Waals surface area contributed by atoms with Gasteiger partial charge in [0.05, 0.1) is 23.8 Å². The molecule has 2 aromatic heterocycles. The molecule has 0 unspecified atom stereocenters. The number of rotatable bonds is 7. The van der Waals surface area contributed by atoms with Gasteiger partial charge in [-0.05, 0) is 12.8 Å². The summed E-state index contributed by atoms with van der Waals surface area (Å²) in [5.41, 5.74) is 23.2. The summed E-state index contributed by atoms with van der Waals surface area (Å²) in [6, 6.07) is 0. The fraction of sp³-hybridized carbons (Fsp3) is 0.333. The smallest absolute Gasteiger partial charge is 0.189 e. The van der Waals surface area contributed by atoms with E-state index in [0.717, 1.165) is 24.3 Å². The molecule has 0 saturated heterocycles. The van der Waals surface area contributed by atoms with Crippen molar-refractivity contribution in [3.05, 3.63) is 12.4 Å². The Kier molecular flexibility index (Phi) is 5.90. The van der Waals surface area contributed by atoms with E-state index in [1.807, 2.05) is 0 Å². The number of unbranched alkanes of at least 4 members (excludes halogenated alkanes) is 1. The van der Waals surface area contributed by atoms with Gasteiger partial charge in [0.1, 0.15) is 0 Å². The number of nitrogens with two attached hydrogens (primary N) is 4. The molecule has 8 nitrogen and oxygen atoms in total. The second-order valence-corrected chi connectivity index (χ2v) is 6.51. The first-order valence-electron chi connectivity index (χ1n) is 6.58. The molecule has 0 radical (unpaired) electrons. The molecule has 0 bridgehead atoms. The Morgan fingerprint density at radius 1 is 0.727 bits per heavy atom. The molecule has 0 spiro atoms. The van der Waals surface area contributed by atoms with Gasteiger partial charge in [-0.3, -0.25) is 0 Å². The second-order valence-electron chi connectivity index (χ2n) is 4.39. The zero-order valence-corrected chi connectivity index (χ0v) is 13.5. The van der Waals surface area contributed by atoms with E-state index >= 15 is 0 Å². The third-order valence-corrected chi connectivity index (χ3v) is 4.55. The molecule has 2 rings (SSSR count). The number of nitrogens with zero attached hydrogens (tertiary/aromatic N) is 4. The van der Waals surface area contributed by atoms with Crippen molar-refractivity contribution in [2.24, 2.45) is 0 Å². The molecule has 0 aliphatic carbocycles. The molecule has 10 heteroatoms. The van der Waals surface area contributed by atoms with Crippen LogP contribution in [0.1, 0.15) is 12.8 Å². The highest BCUT2D eigenvalue weighted by Gasteiger charge is 2.03. The van der Waals surface area contributed by atoms with E-state index < -0.39 is 0 Å². The van der Waals surface area contributed by atoms with Crippen molar-refractivity contribution >= 4 is 46.5 Å². The SMILES string of the molecule is Nc1cnc(SCCCCSc2ncc(N)c(N)n2)nc1N. The van der Waals surface area contributed by atoms with E-state index in [2.05, 4.69) is 19.9 Å². The third-order valence-electron chi connectivity index (χ3n) is 2.65. The largest absolute Gasteiger partial charge is 0.394 e. The fourth-order valence-electron chi connectivity index (χ4n) is 1.44. The monoisotopic (exact) mass is 338 g/mol. The maximum Gasteiger partial charge on any atom is 0.189 e. The Morgan fingerprint density at radius 2 is 1.14 bits per heavy atom. The lowest BCUT2D eigenvalue weighted by Gasteiger charge is -2.04. The number of hydrogen-bond donors (Lipinski definition) is 4. The quantitative estimate of drug-likeness (QED) is 0.329. The van der Waals surface area contributed by atoms with Crippen LogP contribution in [0.5, 0.6) is 0 Å². The summed E-state index contributed by atoms with van der Waals surface area (Å²) in [4.78, 5) is 16.5. The van der Waals surface area contributed by atoms with Crippen LogP contribution in [0.25, 0.3) is 0 Å². The Hall–Kier alpha value is -1.94. The maximum absolute atomic E-state index is 5.63. The van der Waals surface area contributed by atoms with E-state index in [1.54, 1.807) is 23.5 Å². The zero-order valence-electron chi connectivity index (χ0n) is 11.9. The molecule has 22 heavy (non-hydrogen) atoms. The van der Waals surface area contributed by atoms with E-state index in [-0.39, 0.29) is 0 Å². The van der Waals surface area contributed by atoms with E-state index in [0.29, 0.717) is 33.3 Å². The highest BCUT2D eigenvalue weighted by Crippen LogP contribution is 2.21. The van der Waals surface area contributed by atoms with Crippen molar-refractivity contribution in [2.75, 3.05) is 34.4 Å². The molecule has 118 valence electrons. The Morgan fingerprint density at radius 3 is 1.50 bits per heavy atom. The molecule has 2 heterocycles. The van der Waals surface area contributed by atoms with Crippen LogP contribution in [0.15, 0.2) is 22.7 Å². The Bertz CT molecular complexity index is 581. The summed E-state index contributed by atoms with van der Waals surface area (Å²) < 4.78 is 0. The Labute approximate surface area is 136 Å². The van der Waals surface area contributed by atoms with Gasteiger partial charge in [-0.25, -0.2) is 19.9 Å². The molecule has 0 fully saturated rings. The molecule has 2 aromatic rings.